The summed E-state index contributed by atoms with van der Waals surface area (Å²) in [5.41, 5.74) is 4.80. The molecular formula is C20H21F3N2O4S. The lowest BCUT2D eigenvalue weighted by molar-refractivity contribution is -0.137. The molecule has 0 aromatic heterocycles. The third kappa shape index (κ3) is 5.11. The number of amides is 1. The molecule has 1 aliphatic rings. The molecule has 0 radical (unpaired) electrons. The molecule has 2 aromatic carbocycles. The molecule has 1 amide bonds. The number of alkyl halides is 3. The van der Waals surface area contributed by atoms with Gasteiger partial charge in [-0.1, -0.05) is 18.2 Å². The highest BCUT2D eigenvalue weighted by Gasteiger charge is 2.32. The molecule has 0 saturated carbocycles. The van der Waals surface area contributed by atoms with Gasteiger partial charge in [-0.2, -0.15) is 17.5 Å². The van der Waals surface area contributed by atoms with Crippen LogP contribution in [0.2, 0.25) is 0 Å². The van der Waals surface area contributed by atoms with E-state index in [4.69, 9.17) is 10.5 Å². The van der Waals surface area contributed by atoms with E-state index in [1.807, 2.05) is 0 Å². The Labute approximate surface area is 172 Å². The molecule has 1 heterocycles. The van der Waals surface area contributed by atoms with Crippen LogP contribution in [0, 0.1) is 0 Å². The van der Waals surface area contributed by atoms with Crippen molar-refractivity contribution >= 4 is 15.9 Å². The topological polar surface area (TPSA) is 89.7 Å². The van der Waals surface area contributed by atoms with Gasteiger partial charge in [-0.25, -0.2) is 8.42 Å². The van der Waals surface area contributed by atoms with Gasteiger partial charge in [-0.3, -0.25) is 4.79 Å². The normalized spacial score (nSPS) is 16.4. The monoisotopic (exact) mass is 442 g/mol. The number of halogens is 3. The molecule has 2 N–H and O–H groups in total. The van der Waals surface area contributed by atoms with Gasteiger partial charge in [-0.15, -0.1) is 0 Å². The van der Waals surface area contributed by atoms with Crippen LogP contribution in [-0.2, 0) is 27.4 Å². The zero-order valence-electron chi connectivity index (χ0n) is 15.9. The van der Waals surface area contributed by atoms with Crippen molar-refractivity contribution in [2.24, 2.45) is 5.73 Å². The highest BCUT2D eigenvalue weighted by atomic mass is 32.2. The van der Waals surface area contributed by atoms with Crippen molar-refractivity contribution in [1.82, 2.24) is 4.31 Å². The fourth-order valence-electron chi connectivity index (χ4n) is 3.33. The summed E-state index contributed by atoms with van der Waals surface area (Å²) in [4.78, 5) is 11.3. The van der Waals surface area contributed by atoms with Gasteiger partial charge in [-0.05, 0) is 48.7 Å². The van der Waals surface area contributed by atoms with E-state index in [0.717, 1.165) is 12.1 Å². The van der Waals surface area contributed by atoms with Crippen molar-refractivity contribution < 1.29 is 31.1 Å². The van der Waals surface area contributed by atoms with Crippen LogP contribution in [-0.4, -0.2) is 37.8 Å². The summed E-state index contributed by atoms with van der Waals surface area (Å²) in [6, 6.07) is 10.6. The molecule has 2 aromatic rings. The molecule has 10 heteroatoms. The molecule has 30 heavy (non-hydrogen) atoms. The van der Waals surface area contributed by atoms with E-state index in [9.17, 15) is 26.4 Å². The maximum atomic E-state index is 13.0. The van der Waals surface area contributed by atoms with Crippen molar-refractivity contribution in [3.63, 3.8) is 0 Å². The van der Waals surface area contributed by atoms with E-state index >= 15 is 0 Å². The number of sulfonamides is 1. The summed E-state index contributed by atoms with van der Waals surface area (Å²) in [7, 11) is -3.81. The molecule has 0 aliphatic carbocycles. The second-order valence-corrected chi connectivity index (χ2v) is 8.90. The summed E-state index contributed by atoms with van der Waals surface area (Å²) in [5, 5.41) is 0. The maximum Gasteiger partial charge on any atom is 0.416 e. The number of carbonyl (C=O) groups excluding carboxylic acids is 1. The van der Waals surface area contributed by atoms with Gasteiger partial charge < -0.3 is 10.5 Å². The van der Waals surface area contributed by atoms with Crippen LogP contribution in [0.4, 0.5) is 13.2 Å². The van der Waals surface area contributed by atoms with Crippen LogP contribution in [0.25, 0.3) is 0 Å². The Morgan fingerprint density at radius 1 is 1.07 bits per heavy atom. The number of rotatable bonds is 6. The van der Waals surface area contributed by atoms with Crippen LogP contribution in [0.1, 0.15) is 24.0 Å². The molecule has 162 valence electrons. The molecule has 0 spiro atoms. The fourth-order valence-corrected chi connectivity index (χ4v) is 5.03. The summed E-state index contributed by atoms with van der Waals surface area (Å²) >= 11 is 0. The van der Waals surface area contributed by atoms with E-state index < -0.39 is 27.7 Å². The fraction of sp³-hybridized carbons (Fsp3) is 0.350. The number of carbonyl (C=O) groups is 1. The molecule has 1 fully saturated rings. The molecule has 0 bridgehead atoms. The highest BCUT2D eigenvalue weighted by molar-refractivity contribution is 7.89. The molecule has 1 saturated heterocycles. The Kier molecular flexibility index (Phi) is 6.37. The van der Waals surface area contributed by atoms with Gasteiger partial charge in [0.25, 0.3) is 0 Å². The van der Waals surface area contributed by atoms with E-state index in [-0.39, 0.29) is 30.5 Å². The second kappa shape index (κ2) is 8.65. The number of hydrogen-bond acceptors (Lipinski definition) is 4. The van der Waals surface area contributed by atoms with Gasteiger partial charge >= 0.3 is 6.18 Å². The average Bonchev–Trinajstić information content (AvgIpc) is 2.68. The largest absolute Gasteiger partial charge is 0.490 e. The van der Waals surface area contributed by atoms with E-state index in [2.05, 4.69) is 0 Å². The lowest BCUT2D eigenvalue weighted by Gasteiger charge is -2.32. The Morgan fingerprint density at radius 2 is 1.67 bits per heavy atom. The van der Waals surface area contributed by atoms with Gasteiger partial charge in [0.15, 0.2) is 0 Å². The molecule has 0 unspecified atom stereocenters. The Bertz CT molecular complexity index is 999. The first-order valence-electron chi connectivity index (χ1n) is 9.27. The smallest absolute Gasteiger partial charge is 0.416 e. The van der Waals surface area contributed by atoms with Gasteiger partial charge in [0.1, 0.15) is 11.9 Å². The van der Waals surface area contributed by atoms with Crippen molar-refractivity contribution in [2.45, 2.75) is 36.4 Å². The predicted octanol–water partition coefficient (Wildman–Crippen LogP) is 2.97. The summed E-state index contributed by atoms with van der Waals surface area (Å²) in [6.07, 6.45) is -4.13. The Balaban J connectivity index is 1.65. The summed E-state index contributed by atoms with van der Waals surface area (Å²) < 4.78 is 71.0. The Morgan fingerprint density at radius 3 is 2.23 bits per heavy atom. The molecule has 6 nitrogen and oxygen atoms in total. The minimum Gasteiger partial charge on any atom is -0.490 e. The van der Waals surface area contributed by atoms with Crippen molar-refractivity contribution in [3.05, 3.63) is 59.7 Å². The van der Waals surface area contributed by atoms with Crippen LogP contribution in [0.15, 0.2) is 53.4 Å². The molecular weight excluding hydrogens is 421 g/mol. The number of ether oxygens (including phenoxy) is 1. The van der Waals surface area contributed by atoms with Crippen molar-refractivity contribution in [1.29, 1.82) is 0 Å². The maximum absolute atomic E-state index is 13.0. The zero-order chi connectivity index (χ0) is 21.9. The quantitative estimate of drug-likeness (QED) is 0.745. The average molecular weight is 442 g/mol. The third-order valence-electron chi connectivity index (χ3n) is 4.84. The van der Waals surface area contributed by atoms with E-state index in [1.54, 1.807) is 18.2 Å². The van der Waals surface area contributed by atoms with Gasteiger partial charge in [0.2, 0.25) is 15.9 Å². The minimum absolute atomic E-state index is 0.0471. The lowest BCUT2D eigenvalue weighted by Crippen LogP contribution is -2.42. The SMILES string of the molecule is NC(=O)Cc1ccccc1S(=O)(=O)N1CCC(Oc2ccc(C(F)(F)F)cc2)CC1. The predicted molar refractivity (Wildman–Crippen MR) is 103 cm³/mol. The number of piperidine rings is 1. The standard InChI is InChI=1S/C20H21F3N2O4S/c21-20(22,23)15-5-7-16(8-6-15)29-17-9-11-25(12-10-17)30(27,28)18-4-2-1-3-14(18)13-19(24)26/h1-8,17H,9-13H2,(H2,24,26). The second-order valence-electron chi connectivity index (χ2n) is 6.99. The lowest BCUT2D eigenvalue weighted by atomic mass is 10.1. The minimum atomic E-state index is -4.41. The number of nitrogens with zero attached hydrogens (tertiary/aromatic N) is 1. The Hall–Kier alpha value is -2.59. The summed E-state index contributed by atoms with van der Waals surface area (Å²) in [5.74, 6) is -0.322. The van der Waals surface area contributed by atoms with E-state index in [1.165, 1.54) is 22.5 Å². The van der Waals surface area contributed by atoms with Gasteiger partial charge in [0, 0.05) is 13.1 Å². The summed E-state index contributed by atoms with van der Waals surface area (Å²) in [6.45, 7) is 0.386. The third-order valence-corrected chi connectivity index (χ3v) is 6.84. The zero-order valence-corrected chi connectivity index (χ0v) is 16.7. The highest BCUT2D eigenvalue weighted by Crippen LogP contribution is 2.31. The number of primary amides is 1. The van der Waals surface area contributed by atoms with Crippen molar-refractivity contribution in [2.75, 3.05) is 13.1 Å². The number of benzene rings is 2. The first kappa shape index (κ1) is 22.1. The van der Waals surface area contributed by atoms with Gasteiger partial charge in [0.05, 0.1) is 16.9 Å². The van der Waals surface area contributed by atoms with Crippen LogP contribution in [0.3, 0.4) is 0 Å². The van der Waals surface area contributed by atoms with Crippen molar-refractivity contribution in [3.8, 4) is 5.75 Å². The first-order valence-corrected chi connectivity index (χ1v) is 10.7. The number of hydrogen-bond donors (Lipinski definition) is 1. The molecule has 3 rings (SSSR count). The number of nitrogens with two attached hydrogens (primary N) is 1. The molecule has 1 aliphatic heterocycles. The van der Waals surface area contributed by atoms with E-state index in [0.29, 0.717) is 24.2 Å². The van der Waals surface area contributed by atoms with Crippen LogP contribution >= 0.6 is 0 Å². The van der Waals surface area contributed by atoms with Crippen LogP contribution < -0.4 is 10.5 Å². The molecule has 0 atom stereocenters. The van der Waals surface area contributed by atoms with Crippen LogP contribution in [0.5, 0.6) is 5.75 Å². The first-order chi connectivity index (χ1) is 14.1.